The van der Waals surface area contributed by atoms with E-state index in [1.165, 1.54) is 24.3 Å². The quantitative estimate of drug-likeness (QED) is 0.109. The molecule has 0 aromatic heterocycles. The molecule has 1 aromatic rings. The van der Waals surface area contributed by atoms with Gasteiger partial charge >= 0.3 is 18.0 Å². The van der Waals surface area contributed by atoms with Crippen molar-refractivity contribution in [3.8, 4) is 0 Å². The van der Waals surface area contributed by atoms with E-state index in [0.29, 0.717) is 0 Å². The van der Waals surface area contributed by atoms with Gasteiger partial charge in [0.1, 0.15) is 6.04 Å². The van der Waals surface area contributed by atoms with Crippen molar-refractivity contribution >= 4 is 29.7 Å². The van der Waals surface area contributed by atoms with Crippen LogP contribution < -0.4 is 22.0 Å². The van der Waals surface area contributed by atoms with E-state index in [9.17, 15) is 24.7 Å². The number of hydrogen-bond donors (Lipinski definition) is 7. The molecule has 28 heavy (non-hydrogen) atoms. The highest BCUT2D eigenvalue weighted by atomic mass is 16.8. The second-order valence-electron chi connectivity index (χ2n) is 5.49. The van der Waals surface area contributed by atoms with Gasteiger partial charge in [-0.25, -0.2) is 14.8 Å². The Kier molecular flexibility index (Phi) is 8.77. The summed E-state index contributed by atoms with van der Waals surface area (Å²) in [5, 5.41) is 38.9. The van der Waals surface area contributed by atoms with Crippen LogP contribution in [0.2, 0.25) is 0 Å². The minimum Gasteiger partial charge on any atom is -0.595 e. The van der Waals surface area contributed by atoms with E-state index in [1.807, 2.05) is 5.32 Å². The molecule has 0 aliphatic carbocycles. The zero-order valence-electron chi connectivity index (χ0n) is 14.6. The van der Waals surface area contributed by atoms with Crippen LogP contribution in [0.5, 0.6) is 0 Å². The Morgan fingerprint density at radius 1 is 1.25 bits per heavy atom. The third-order valence-corrected chi connectivity index (χ3v) is 3.43. The molecule has 1 aromatic carbocycles. The average Bonchev–Trinajstić information content (AvgIpc) is 2.62. The average molecular weight is 399 g/mol. The van der Waals surface area contributed by atoms with Gasteiger partial charge in [-0.2, -0.15) is 5.23 Å². The summed E-state index contributed by atoms with van der Waals surface area (Å²) in [6.07, 6.45) is -2.71. The molecular weight excluding hydrogens is 378 g/mol. The van der Waals surface area contributed by atoms with Crippen molar-refractivity contribution < 1.29 is 39.8 Å². The molecule has 0 aliphatic heterocycles. The maximum Gasteiger partial charge on any atom is 0.415 e. The number of nitrogens with zero attached hydrogens (tertiary/aromatic N) is 1. The first-order valence-corrected chi connectivity index (χ1v) is 7.94. The second kappa shape index (κ2) is 10.8. The van der Waals surface area contributed by atoms with Crippen LogP contribution in [-0.4, -0.2) is 52.0 Å². The number of benzene rings is 1. The molecule has 2 unspecified atom stereocenters. The molecule has 0 bridgehead atoms. The van der Waals surface area contributed by atoms with Crippen molar-refractivity contribution in [2.24, 2.45) is 16.5 Å². The Bertz CT molecular complexity index is 739. The second-order valence-corrected chi connectivity index (χ2v) is 5.49. The first-order valence-electron chi connectivity index (χ1n) is 7.94. The Hall–Kier alpha value is -3.26. The number of guanidine groups is 1. The number of rotatable bonds is 9. The fourth-order valence-electron chi connectivity index (χ4n) is 2.08. The molecule has 0 fully saturated rings. The smallest absolute Gasteiger partial charge is 0.415 e. The standard InChI is InChI=1S/C15H21N5O8/c16-9(12(21)22)5-3-7-18-14(17)19-15(25)28-11(13(23)24)8-4-1-2-6-10(8)20(26)27/h1-2,4,6,9,11,20,26H,3,5,7,16H2,(H,21,22)(H,23,24)(H3,17,18,19,25)/t9-,11?/m1/s1. The summed E-state index contributed by atoms with van der Waals surface area (Å²) in [6, 6.07) is 4.13. The number of quaternary nitrogens is 1. The van der Waals surface area contributed by atoms with E-state index in [-0.39, 0.29) is 36.6 Å². The number of hydrogen-bond acceptors (Lipinski definition) is 8. The molecule has 0 spiro atoms. The normalized spacial score (nSPS) is 14.6. The number of ether oxygens (including phenoxy) is 1. The Morgan fingerprint density at radius 2 is 1.89 bits per heavy atom. The predicted molar refractivity (Wildman–Crippen MR) is 93.5 cm³/mol. The van der Waals surface area contributed by atoms with Gasteiger partial charge in [0.25, 0.3) is 0 Å². The highest BCUT2D eigenvalue weighted by Crippen LogP contribution is 2.23. The Balaban J connectivity index is 2.69. The van der Waals surface area contributed by atoms with Crippen LogP contribution in [-0.2, 0) is 14.3 Å². The van der Waals surface area contributed by atoms with Gasteiger partial charge in [-0.05, 0) is 18.9 Å². The van der Waals surface area contributed by atoms with Crippen molar-refractivity contribution in [3.63, 3.8) is 0 Å². The van der Waals surface area contributed by atoms with Gasteiger partial charge in [-0.15, -0.1) is 0 Å². The summed E-state index contributed by atoms with van der Waals surface area (Å²) in [7, 11) is 0. The van der Waals surface area contributed by atoms with Crippen molar-refractivity contribution in [2.45, 2.75) is 25.0 Å². The summed E-state index contributed by atoms with van der Waals surface area (Å²) in [6.45, 7) is 0.0668. The third-order valence-electron chi connectivity index (χ3n) is 3.43. The molecule has 0 aliphatic rings. The van der Waals surface area contributed by atoms with Crippen LogP contribution in [0.25, 0.3) is 0 Å². The van der Waals surface area contributed by atoms with Crippen LogP contribution in [0.15, 0.2) is 29.3 Å². The highest BCUT2D eigenvalue weighted by molar-refractivity contribution is 5.93. The molecule has 0 heterocycles. The number of amides is 1. The van der Waals surface area contributed by atoms with E-state index >= 15 is 0 Å². The number of nitrogens with two attached hydrogens (primary N) is 2. The van der Waals surface area contributed by atoms with Crippen molar-refractivity contribution in [1.29, 1.82) is 0 Å². The largest absolute Gasteiger partial charge is 0.595 e. The molecule has 1 rings (SSSR count). The molecular formula is C15H21N5O8. The fraction of sp³-hybridized carbons (Fsp3) is 0.333. The van der Waals surface area contributed by atoms with Gasteiger partial charge in [0.05, 0.1) is 5.56 Å². The van der Waals surface area contributed by atoms with E-state index in [2.05, 4.69) is 4.99 Å². The monoisotopic (exact) mass is 399 g/mol. The van der Waals surface area contributed by atoms with Gasteiger partial charge in [-0.1, -0.05) is 12.1 Å². The lowest BCUT2D eigenvalue weighted by Crippen LogP contribution is -2.99. The molecule has 13 nitrogen and oxygen atoms in total. The van der Waals surface area contributed by atoms with Crippen molar-refractivity contribution in [2.75, 3.05) is 6.54 Å². The molecule has 0 radical (unpaired) electrons. The number of aliphatic imine (C=N–C) groups is 1. The molecule has 13 heteroatoms. The van der Waals surface area contributed by atoms with Gasteiger partial charge in [0.15, 0.2) is 11.6 Å². The van der Waals surface area contributed by atoms with E-state index in [0.717, 1.165) is 0 Å². The molecule has 0 saturated carbocycles. The number of carboxylic acid groups (broad SMARTS) is 2. The van der Waals surface area contributed by atoms with Crippen LogP contribution in [0.3, 0.4) is 0 Å². The molecule has 3 atom stereocenters. The van der Waals surface area contributed by atoms with E-state index in [1.54, 1.807) is 0 Å². The minimum absolute atomic E-state index is 0.0668. The van der Waals surface area contributed by atoms with Gasteiger partial charge < -0.3 is 31.6 Å². The molecule has 154 valence electrons. The Morgan fingerprint density at radius 3 is 2.46 bits per heavy atom. The first kappa shape index (κ1) is 22.8. The lowest BCUT2D eigenvalue weighted by Gasteiger charge is -2.19. The highest BCUT2D eigenvalue weighted by Gasteiger charge is 2.29. The maximum absolute atomic E-state index is 11.9. The van der Waals surface area contributed by atoms with Crippen LogP contribution in [0.4, 0.5) is 10.5 Å². The summed E-state index contributed by atoms with van der Waals surface area (Å²) >= 11 is 0. The summed E-state index contributed by atoms with van der Waals surface area (Å²) < 4.78 is 4.76. The molecule has 1 amide bonds. The number of alkyl carbamates (subject to hydrolysis) is 1. The summed E-state index contributed by atoms with van der Waals surface area (Å²) in [5.41, 5.74) is 10.2. The number of carboxylic acids is 2. The maximum atomic E-state index is 11.9. The summed E-state index contributed by atoms with van der Waals surface area (Å²) in [5.74, 6) is -3.12. The topological polar surface area (TPSA) is 225 Å². The van der Waals surface area contributed by atoms with Gasteiger partial charge in [0.2, 0.25) is 6.10 Å². The van der Waals surface area contributed by atoms with E-state index in [4.69, 9.17) is 26.5 Å². The lowest BCUT2D eigenvalue weighted by atomic mass is 10.1. The number of nitrogens with one attached hydrogen (secondary N) is 2. The number of aliphatic carboxylic acids is 2. The SMILES string of the molecule is NC(=NCCC[C@@H](N)C(=O)O)NC(=O)OC(C(=O)O)c1ccccc1[NH+]([O-])O. The minimum atomic E-state index is -1.88. The fourth-order valence-corrected chi connectivity index (χ4v) is 2.08. The third kappa shape index (κ3) is 7.16. The predicted octanol–water partition coefficient (Wildman–Crippen LogP) is -1.55. The van der Waals surface area contributed by atoms with Crippen molar-refractivity contribution in [3.05, 3.63) is 35.0 Å². The molecule has 0 saturated heterocycles. The number of carbonyl (C=O) groups is 3. The molecule has 9 N–H and O–H groups in total. The lowest BCUT2D eigenvalue weighted by molar-refractivity contribution is -0.991. The zero-order chi connectivity index (χ0) is 21.3. The summed E-state index contributed by atoms with van der Waals surface area (Å²) in [4.78, 5) is 37.6. The number of carbonyl (C=O) groups excluding carboxylic acids is 1. The first-order chi connectivity index (χ1) is 13.1. The van der Waals surface area contributed by atoms with Crippen LogP contribution in [0.1, 0.15) is 24.5 Å². The van der Waals surface area contributed by atoms with Crippen LogP contribution in [0, 0.1) is 5.21 Å². The van der Waals surface area contributed by atoms with Gasteiger partial charge in [-0.3, -0.25) is 15.1 Å². The van der Waals surface area contributed by atoms with Gasteiger partial charge in [0, 0.05) is 12.6 Å². The van der Waals surface area contributed by atoms with E-state index < -0.39 is 35.4 Å². The zero-order valence-corrected chi connectivity index (χ0v) is 14.6. The van der Waals surface area contributed by atoms with Crippen molar-refractivity contribution in [1.82, 2.24) is 5.32 Å². The number of para-hydroxylation sites is 1. The Labute approximate surface area is 158 Å². The van der Waals surface area contributed by atoms with Crippen LogP contribution >= 0.6 is 0 Å².